The number of imidazole rings is 1. The third kappa shape index (κ3) is 3.76. The third-order valence-corrected chi connectivity index (χ3v) is 6.28. The highest BCUT2D eigenvalue weighted by molar-refractivity contribution is 7.80. The topological polar surface area (TPSA) is 44.0 Å². The van der Waals surface area contributed by atoms with Crippen molar-refractivity contribution in [1.29, 1.82) is 0 Å². The van der Waals surface area contributed by atoms with E-state index in [1.54, 1.807) is 0 Å². The number of aryl methyl sites for hydroxylation is 3. The number of para-hydroxylation sites is 1. The molecule has 2 heterocycles. The minimum absolute atomic E-state index is 0.468. The maximum absolute atomic E-state index is 5.69. The second-order valence-corrected chi connectivity index (χ2v) is 8.16. The molecular weight excluding hydrogens is 364 g/mol. The summed E-state index contributed by atoms with van der Waals surface area (Å²) >= 11 is 5.69. The monoisotopic (exact) mass is 392 g/mol. The number of fused-ring (bicyclic) bond motifs is 1. The molecule has 2 aromatic carbocycles. The zero-order valence-electron chi connectivity index (χ0n) is 16.9. The van der Waals surface area contributed by atoms with Gasteiger partial charge in [-0.25, -0.2) is 4.98 Å². The number of thiocarbonyl (C=S) groups is 1. The number of aromatic nitrogens is 2. The number of rotatable bonds is 3. The summed E-state index contributed by atoms with van der Waals surface area (Å²) in [5, 5.41) is 4.28. The number of likely N-dealkylation sites (tertiary alicyclic amines) is 1. The standard InChI is InChI=1S/C23H28N4S/c1-4-17-7-5-6-8-19(17)26-23(28)27-11-9-18(10-12-27)22-24-20-13-15(2)16(3)14-21(20)25-22/h5-8,13-14,18H,4,9-12H2,1-3H3,(H,24,25)(H,26,28). The Bertz CT molecular complexity index is 960. The third-order valence-electron chi connectivity index (χ3n) is 5.92. The second-order valence-electron chi connectivity index (χ2n) is 7.78. The molecule has 4 rings (SSSR count). The van der Waals surface area contributed by atoms with Crippen molar-refractivity contribution in [3.8, 4) is 0 Å². The molecule has 2 N–H and O–H groups in total. The van der Waals surface area contributed by atoms with Gasteiger partial charge in [0.05, 0.1) is 11.0 Å². The second kappa shape index (κ2) is 7.92. The van der Waals surface area contributed by atoms with Crippen LogP contribution < -0.4 is 5.32 Å². The number of aromatic amines is 1. The summed E-state index contributed by atoms with van der Waals surface area (Å²) in [4.78, 5) is 10.7. The van der Waals surface area contributed by atoms with E-state index in [1.807, 2.05) is 0 Å². The zero-order chi connectivity index (χ0) is 19.7. The van der Waals surface area contributed by atoms with Crippen molar-refractivity contribution < 1.29 is 0 Å². The van der Waals surface area contributed by atoms with Gasteiger partial charge in [0.2, 0.25) is 0 Å². The number of nitrogens with zero attached hydrogens (tertiary/aromatic N) is 2. The fourth-order valence-corrected chi connectivity index (χ4v) is 4.28. The van der Waals surface area contributed by atoms with Crippen LogP contribution >= 0.6 is 12.2 Å². The van der Waals surface area contributed by atoms with E-state index in [0.717, 1.165) is 60.0 Å². The maximum atomic E-state index is 5.69. The molecule has 0 aliphatic carbocycles. The Morgan fingerprint density at radius 1 is 1.18 bits per heavy atom. The Hall–Kier alpha value is -2.40. The molecular formula is C23H28N4S. The molecule has 5 heteroatoms. The molecule has 0 bridgehead atoms. The summed E-state index contributed by atoms with van der Waals surface area (Å²) in [6.07, 6.45) is 3.13. The summed E-state index contributed by atoms with van der Waals surface area (Å²) in [5.41, 5.74) is 7.25. The van der Waals surface area contributed by atoms with Crippen LogP contribution in [0.15, 0.2) is 36.4 Å². The van der Waals surface area contributed by atoms with Gasteiger partial charge in [-0.2, -0.15) is 0 Å². The van der Waals surface area contributed by atoms with Crippen LogP contribution in [0.4, 0.5) is 5.69 Å². The van der Waals surface area contributed by atoms with Crippen molar-refractivity contribution in [2.45, 2.75) is 46.0 Å². The van der Waals surface area contributed by atoms with E-state index in [4.69, 9.17) is 17.2 Å². The molecule has 4 nitrogen and oxygen atoms in total. The van der Waals surface area contributed by atoms with Crippen LogP contribution in [0.25, 0.3) is 11.0 Å². The molecule has 146 valence electrons. The molecule has 0 radical (unpaired) electrons. The summed E-state index contributed by atoms with van der Waals surface area (Å²) in [5.74, 6) is 1.59. The normalized spacial score (nSPS) is 15.2. The molecule has 0 unspecified atom stereocenters. The van der Waals surface area contributed by atoms with E-state index in [2.05, 4.69) is 72.4 Å². The van der Waals surface area contributed by atoms with Crippen LogP contribution in [0.2, 0.25) is 0 Å². The molecule has 1 aromatic heterocycles. The highest BCUT2D eigenvalue weighted by atomic mass is 32.1. The van der Waals surface area contributed by atoms with Gasteiger partial charge >= 0.3 is 0 Å². The van der Waals surface area contributed by atoms with Gasteiger partial charge in [0.15, 0.2) is 5.11 Å². The minimum atomic E-state index is 0.468. The van der Waals surface area contributed by atoms with E-state index >= 15 is 0 Å². The molecule has 1 aliphatic rings. The molecule has 0 amide bonds. The Morgan fingerprint density at radius 3 is 2.64 bits per heavy atom. The fraction of sp³-hybridized carbons (Fsp3) is 0.391. The van der Waals surface area contributed by atoms with Gasteiger partial charge in [-0.05, 0) is 80.2 Å². The number of piperidine rings is 1. The number of H-pyrrole nitrogens is 1. The molecule has 28 heavy (non-hydrogen) atoms. The minimum Gasteiger partial charge on any atom is -0.349 e. The van der Waals surface area contributed by atoms with Crippen LogP contribution in [0.3, 0.4) is 0 Å². The molecule has 1 aliphatic heterocycles. The first kappa shape index (κ1) is 18.9. The first-order valence-corrected chi connectivity index (χ1v) is 10.6. The SMILES string of the molecule is CCc1ccccc1NC(=S)N1CCC(c2nc3cc(C)c(C)cc3[nH]2)CC1. The maximum Gasteiger partial charge on any atom is 0.173 e. The lowest BCUT2D eigenvalue weighted by atomic mass is 9.96. The summed E-state index contributed by atoms with van der Waals surface area (Å²) in [7, 11) is 0. The number of hydrogen-bond donors (Lipinski definition) is 2. The fourth-order valence-electron chi connectivity index (χ4n) is 3.98. The van der Waals surface area contributed by atoms with Gasteiger partial charge in [-0.15, -0.1) is 0 Å². The van der Waals surface area contributed by atoms with Gasteiger partial charge in [0.25, 0.3) is 0 Å². The first-order chi connectivity index (χ1) is 13.5. The Labute approximate surface area is 172 Å². The Balaban J connectivity index is 1.41. The lowest BCUT2D eigenvalue weighted by molar-refractivity contribution is 0.311. The van der Waals surface area contributed by atoms with Gasteiger partial charge in [-0.1, -0.05) is 25.1 Å². The van der Waals surface area contributed by atoms with Crippen LogP contribution in [-0.2, 0) is 6.42 Å². The average molecular weight is 393 g/mol. The van der Waals surface area contributed by atoms with E-state index in [1.165, 1.54) is 16.7 Å². The Morgan fingerprint density at radius 2 is 1.89 bits per heavy atom. The molecule has 1 saturated heterocycles. The molecule has 1 fully saturated rings. The molecule has 0 atom stereocenters. The van der Waals surface area contributed by atoms with Crippen molar-refractivity contribution in [3.63, 3.8) is 0 Å². The predicted molar refractivity (Wildman–Crippen MR) is 121 cm³/mol. The van der Waals surface area contributed by atoms with Crippen LogP contribution in [0, 0.1) is 13.8 Å². The first-order valence-electron chi connectivity index (χ1n) is 10.2. The van der Waals surface area contributed by atoms with Crippen molar-refractivity contribution in [2.75, 3.05) is 18.4 Å². The number of hydrogen-bond acceptors (Lipinski definition) is 2. The highest BCUT2D eigenvalue weighted by Gasteiger charge is 2.24. The number of nitrogens with one attached hydrogen (secondary N) is 2. The zero-order valence-corrected chi connectivity index (χ0v) is 17.7. The van der Waals surface area contributed by atoms with Crippen LogP contribution in [0.1, 0.15) is 48.2 Å². The Kier molecular flexibility index (Phi) is 5.36. The van der Waals surface area contributed by atoms with Crippen molar-refractivity contribution in [1.82, 2.24) is 14.9 Å². The van der Waals surface area contributed by atoms with Crippen molar-refractivity contribution in [3.05, 3.63) is 58.9 Å². The van der Waals surface area contributed by atoms with Gasteiger partial charge in [0, 0.05) is 24.7 Å². The summed E-state index contributed by atoms with van der Waals surface area (Å²) < 4.78 is 0. The van der Waals surface area contributed by atoms with Gasteiger partial charge in [0.1, 0.15) is 5.82 Å². The molecule has 3 aromatic rings. The largest absolute Gasteiger partial charge is 0.349 e. The van der Waals surface area contributed by atoms with E-state index in [-0.39, 0.29) is 0 Å². The predicted octanol–water partition coefficient (Wildman–Crippen LogP) is 5.32. The number of benzene rings is 2. The quantitative estimate of drug-likeness (QED) is 0.592. The van der Waals surface area contributed by atoms with Crippen molar-refractivity contribution in [2.24, 2.45) is 0 Å². The van der Waals surface area contributed by atoms with E-state index in [9.17, 15) is 0 Å². The van der Waals surface area contributed by atoms with Crippen LogP contribution in [0.5, 0.6) is 0 Å². The van der Waals surface area contributed by atoms with E-state index in [0.29, 0.717) is 5.92 Å². The lowest BCUT2D eigenvalue weighted by Crippen LogP contribution is -2.40. The lowest BCUT2D eigenvalue weighted by Gasteiger charge is -2.33. The average Bonchev–Trinajstić information content (AvgIpc) is 3.11. The van der Waals surface area contributed by atoms with Crippen LogP contribution in [-0.4, -0.2) is 33.1 Å². The van der Waals surface area contributed by atoms with Crippen molar-refractivity contribution >= 4 is 34.1 Å². The number of anilines is 1. The molecule has 0 spiro atoms. The smallest absolute Gasteiger partial charge is 0.173 e. The highest BCUT2D eigenvalue weighted by Crippen LogP contribution is 2.29. The van der Waals surface area contributed by atoms with E-state index < -0.39 is 0 Å². The summed E-state index contributed by atoms with van der Waals surface area (Å²) in [6, 6.07) is 12.8. The molecule has 0 saturated carbocycles. The summed E-state index contributed by atoms with van der Waals surface area (Å²) in [6.45, 7) is 8.38. The van der Waals surface area contributed by atoms with Gasteiger partial charge < -0.3 is 15.2 Å². The van der Waals surface area contributed by atoms with Gasteiger partial charge in [-0.3, -0.25) is 0 Å².